The molecule has 2 aromatic rings. The molecule has 13 heteroatoms. The van der Waals surface area contributed by atoms with Crippen LogP contribution in [0, 0.1) is 0 Å². The number of rotatable bonds is 19. The maximum Gasteiger partial charge on any atom is 0.236 e. The van der Waals surface area contributed by atoms with Gasteiger partial charge in [-0.1, -0.05) is 49.0 Å². The number of allylic oxidation sites excluding steroid dienone is 1. The summed E-state index contributed by atoms with van der Waals surface area (Å²) in [5.41, 5.74) is 16.9. The molecule has 0 saturated heterocycles. The Balaban J connectivity index is 1.54. The first kappa shape index (κ1) is 35.1. The van der Waals surface area contributed by atoms with Crippen molar-refractivity contribution in [3.8, 4) is 0 Å². The average Bonchev–Trinajstić information content (AvgIpc) is 3.03. The van der Waals surface area contributed by atoms with Gasteiger partial charge in [-0.05, 0) is 18.1 Å². The summed E-state index contributed by atoms with van der Waals surface area (Å²) < 4.78 is 16.6. The van der Waals surface area contributed by atoms with Crippen LogP contribution >= 0.6 is 0 Å². The number of anilines is 1. The number of benzene rings is 2. The van der Waals surface area contributed by atoms with Crippen molar-refractivity contribution in [1.82, 2.24) is 15.6 Å². The van der Waals surface area contributed by atoms with Crippen molar-refractivity contribution < 1.29 is 28.6 Å². The molecule has 3 amide bonds. The van der Waals surface area contributed by atoms with Crippen LogP contribution in [-0.4, -0.2) is 82.5 Å². The molecule has 0 atom stereocenters. The summed E-state index contributed by atoms with van der Waals surface area (Å²) in [5, 5.41) is 6.98. The van der Waals surface area contributed by atoms with Crippen LogP contribution in [-0.2, 0) is 35.1 Å². The number of carbonyl (C=O) groups is 3. The van der Waals surface area contributed by atoms with E-state index in [4.69, 9.17) is 31.5 Å². The predicted octanol–water partition coefficient (Wildman–Crippen LogP) is 1.05. The third-order valence-electron chi connectivity index (χ3n) is 7.08. The fourth-order valence-electron chi connectivity index (χ4n) is 4.66. The van der Waals surface area contributed by atoms with Crippen molar-refractivity contribution in [3.05, 3.63) is 77.5 Å². The fraction of sp³-hybridized carbons (Fsp3) is 0.406. The SMILES string of the molecule is C=C(CCC(=O)N1Cc2ccccc2/C(N(N)CCOCCOCCOCCC(=O)NCC(N)=O)=C(/N)c2ccccc21)NC. The number of carbonyl (C=O) groups excluding carboxylic acids is 3. The second-order valence-electron chi connectivity index (χ2n) is 10.3. The molecule has 0 aliphatic carbocycles. The van der Waals surface area contributed by atoms with E-state index >= 15 is 0 Å². The minimum Gasteiger partial charge on any atom is -0.396 e. The average molecular weight is 624 g/mol. The first-order chi connectivity index (χ1) is 21.7. The largest absolute Gasteiger partial charge is 0.396 e. The van der Waals surface area contributed by atoms with Crippen molar-refractivity contribution in [2.24, 2.45) is 17.3 Å². The molecule has 0 fully saturated rings. The first-order valence-electron chi connectivity index (χ1n) is 14.9. The van der Waals surface area contributed by atoms with Gasteiger partial charge in [-0.3, -0.25) is 14.4 Å². The van der Waals surface area contributed by atoms with E-state index in [-0.39, 0.29) is 31.4 Å². The van der Waals surface area contributed by atoms with Crippen molar-refractivity contribution in [1.29, 1.82) is 0 Å². The van der Waals surface area contributed by atoms with Gasteiger partial charge in [0.2, 0.25) is 17.7 Å². The highest BCUT2D eigenvalue weighted by molar-refractivity contribution is 6.01. The van der Waals surface area contributed by atoms with Gasteiger partial charge in [0, 0.05) is 36.7 Å². The lowest BCUT2D eigenvalue weighted by atomic mass is 9.95. The standard InChI is InChI=1S/C32H45N7O6/c1-23(36-2)11-12-30(42)38-22-24-7-3-4-8-25(24)32(31(34)26-9-5-6-10-27(26)38)39(35)14-16-44-18-20-45-19-17-43-15-13-29(41)37-21-28(33)40/h3-10,36H,1,11-22,34-35H2,2H3,(H2,33,40)(H,37,41)/b32-31-. The minimum absolute atomic E-state index is 0.0267. The molecule has 1 aliphatic heterocycles. The Morgan fingerprint density at radius 1 is 0.889 bits per heavy atom. The molecule has 0 bridgehead atoms. The lowest BCUT2D eigenvalue weighted by Crippen LogP contribution is -2.37. The molecule has 3 rings (SSSR count). The second-order valence-corrected chi connectivity index (χ2v) is 10.3. The van der Waals surface area contributed by atoms with Gasteiger partial charge in [0.1, 0.15) is 0 Å². The number of nitrogens with two attached hydrogens (primary N) is 3. The van der Waals surface area contributed by atoms with Crippen molar-refractivity contribution in [2.45, 2.75) is 25.8 Å². The quantitative estimate of drug-likeness (QED) is 0.0860. The van der Waals surface area contributed by atoms with Crippen LogP contribution in [0.1, 0.15) is 36.0 Å². The van der Waals surface area contributed by atoms with Crippen molar-refractivity contribution >= 4 is 34.8 Å². The lowest BCUT2D eigenvalue weighted by Gasteiger charge is -2.33. The zero-order chi connectivity index (χ0) is 32.6. The number of hydrogen-bond donors (Lipinski definition) is 5. The van der Waals surface area contributed by atoms with Crippen LogP contribution in [0.3, 0.4) is 0 Å². The van der Waals surface area contributed by atoms with Crippen molar-refractivity contribution in [2.75, 3.05) is 64.7 Å². The summed E-state index contributed by atoms with van der Waals surface area (Å²) in [5.74, 6) is 5.68. The van der Waals surface area contributed by atoms with Crippen LogP contribution < -0.4 is 32.8 Å². The molecule has 0 unspecified atom stereocenters. The maximum atomic E-state index is 13.5. The summed E-state index contributed by atoms with van der Waals surface area (Å²) in [6.45, 7) is 6.41. The highest BCUT2D eigenvalue weighted by Gasteiger charge is 2.27. The molecule has 1 heterocycles. The molecular formula is C32H45N7O6. The Morgan fingerprint density at radius 2 is 1.51 bits per heavy atom. The molecule has 0 aromatic heterocycles. The van der Waals surface area contributed by atoms with Gasteiger partial charge in [-0.25, -0.2) is 5.84 Å². The molecule has 1 aliphatic rings. The highest BCUT2D eigenvalue weighted by atomic mass is 16.5. The summed E-state index contributed by atoms with van der Waals surface area (Å²) in [4.78, 5) is 37.4. The normalized spacial score (nSPS) is 14.0. The first-order valence-corrected chi connectivity index (χ1v) is 14.9. The third-order valence-corrected chi connectivity index (χ3v) is 7.08. The monoisotopic (exact) mass is 623 g/mol. The number of fused-ring (bicyclic) bond motifs is 2. The topological polar surface area (TPSA) is 188 Å². The van der Waals surface area contributed by atoms with Crippen LogP contribution in [0.2, 0.25) is 0 Å². The molecule has 13 nitrogen and oxygen atoms in total. The number of nitrogens with one attached hydrogen (secondary N) is 2. The van der Waals surface area contributed by atoms with E-state index in [0.29, 0.717) is 70.4 Å². The predicted molar refractivity (Wildman–Crippen MR) is 173 cm³/mol. The molecule has 2 aromatic carbocycles. The minimum atomic E-state index is -0.596. The van der Waals surface area contributed by atoms with Gasteiger partial charge in [-0.15, -0.1) is 0 Å². The molecule has 0 radical (unpaired) electrons. The number of amides is 3. The van der Waals surface area contributed by atoms with Gasteiger partial charge in [0.15, 0.2) is 0 Å². The summed E-state index contributed by atoms with van der Waals surface area (Å²) >= 11 is 0. The lowest BCUT2D eigenvalue weighted by molar-refractivity contribution is -0.125. The van der Waals surface area contributed by atoms with E-state index in [9.17, 15) is 14.4 Å². The van der Waals surface area contributed by atoms with Crippen LogP contribution in [0.15, 0.2) is 60.8 Å². The van der Waals surface area contributed by atoms with Gasteiger partial charge in [0.05, 0.1) is 76.4 Å². The highest BCUT2D eigenvalue weighted by Crippen LogP contribution is 2.36. The maximum absolute atomic E-state index is 13.5. The summed E-state index contributed by atoms with van der Waals surface area (Å²) in [6.07, 6.45) is 0.970. The van der Waals surface area contributed by atoms with Crippen LogP contribution in [0.25, 0.3) is 11.4 Å². The smallest absolute Gasteiger partial charge is 0.236 e. The van der Waals surface area contributed by atoms with Gasteiger partial charge in [0.25, 0.3) is 0 Å². The zero-order valence-corrected chi connectivity index (χ0v) is 25.9. The van der Waals surface area contributed by atoms with Crippen LogP contribution in [0.5, 0.6) is 0 Å². The van der Waals surface area contributed by atoms with Crippen LogP contribution in [0.4, 0.5) is 5.69 Å². The van der Waals surface area contributed by atoms with E-state index in [0.717, 1.165) is 28.1 Å². The molecule has 0 saturated carbocycles. The van der Waals surface area contributed by atoms with E-state index in [2.05, 4.69) is 17.2 Å². The third kappa shape index (κ3) is 10.9. The summed E-state index contributed by atoms with van der Waals surface area (Å²) in [7, 11) is 1.79. The van der Waals surface area contributed by atoms with Crippen molar-refractivity contribution in [3.63, 3.8) is 0 Å². The Morgan fingerprint density at radius 3 is 2.20 bits per heavy atom. The Hall–Kier alpha value is -4.43. The van der Waals surface area contributed by atoms with E-state index in [1.54, 1.807) is 17.0 Å². The van der Waals surface area contributed by atoms with Gasteiger partial charge in [-0.2, -0.15) is 0 Å². The molecule has 244 valence electrons. The zero-order valence-electron chi connectivity index (χ0n) is 25.9. The Kier molecular flexibility index (Phi) is 14.3. The fourth-order valence-corrected chi connectivity index (χ4v) is 4.66. The number of hydrogen-bond acceptors (Lipinski definition) is 10. The second kappa shape index (κ2) is 18.4. The van der Waals surface area contributed by atoms with Gasteiger partial charge < -0.3 is 46.2 Å². The number of ether oxygens (including phenoxy) is 3. The Bertz CT molecular complexity index is 1350. The molecule has 45 heavy (non-hydrogen) atoms. The Labute approximate surface area is 264 Å². The number of para-hydroxylation sites is 1. The number of hydrazine groups is 1. The van der Waals surface area contributed by atoms with E-state index in [1.165, 1.54) is 0 Å². The summed E-state index contributed by atoms with van der Waals surface area (Å²) in [6, 6.07) is 15.4. The van der Waals surface area contributed by atoms with Gasteiger partial charge >= 0.3 is 0 Å². The molecular weight excluding hydrogens is 578 g/mol. The van der Waals surface area contributed by atoms with E-state index in [1.807, 2.05) is 48.5 Å². The molecule has 8 N–H and O–H groups in total. The molecule has 0 spiro atoms. The number of primary amides is 1. The van der Waals surface area contributed by atoms with E-state index < -0.39 is 5.91 Å². The number of nitrogens with zero attached hydrogens (tertiary/aromatic N) is 2.